The van der Waals surface area contributed by atoms with Crippen LogP contribution in [0, 0.1) is 11.3 Å². The third-order valence-corrected chi connectivity index (χ3v) is 3.54. The number of anilines is 1. The third-order valence-electron chi connectivity index (χ3n) is 3.33. The van der Waals surface area contributed by atoms with Crippen LogP contribution in [-0.2, 0) is 0 Å². The van der Waals surface area contributed by atoms with E-state index >= 15 is 0 Å². The maximum Gasteiger partial charge on any atom is 0.122 e. The number of hydrogen-bond donors (Lipinski definition) is 2. The van der Waals surface area contributed by atoms with Crippen LogP contribution in [0.25, 0.3) is 0 Å². The van der Waals surface area contributed by atoms with Crippen LogP contribution in [0.15, 0.2) is 18.3 Å². The molecular weight excluding hydrogens is 230 g/mol. The Kier molecular flexibility index (Phi) is 4.46. The molecule has 0 amide bonds. The summed E-state index contributed by atoms with van der Waals surface area (Å²) in [5.74, 6) is 0.624. The van der Waals surface area contributed by atoms with Gasteiger partial charge in [-0.3, -0.25) is 4.98 Å². The predicted molar refractivity (Wildman–Crippen MR) is 77.2 cm³/mol. The molecule has 0 aromatic carbocycles. The molecule has 0 saturated carbocycles. The number of rotatable bonds is 5. The van der Waals surface area contributed by atoms with Gasteiger partial charge in [0, 0.05) is 6.54 Å². The van der Waals surface area contributed by atoms with E-state index in [4.69, 9.17) is 18.0 Å². The first-order chi connectivity index (χ1) is 7.83. The second-order valence-electron chi connectivity index (χ2n) is 5.29. The number of hydrogen-bond acceptors (Lipinski definition) is 3. The fourth-order valence-electron chi connectivity index (χ4n) is 1.18. The van der Waals surface area contributed by atoms with Crippen LogP contribution in [0.3, 0.4) is 0 Å². The molecule has 0 radical (unpaired) electrons. The molecule has 1 aromatic rings. The van der Waals surface area contributed by atoms with Crippen LogP contribution in [0.4, 0.5) is 5.69 Å². The fraction of sp³-hybridized carbons (Fsp3) is 0.538. The van der Waals surface area contributed by atoms with E-state index in [1.807, 2.05) is 12.1 Å². The summed E-state index contributed by atoms with van der Waals surface area (Å²) in [5.41, 5.74) is 7.41. The average molecular weight is 251 g/mol. The topological polar surface area (TPSA) is 50.9 Å². The van der Waals surface area contributed by atoms with Gasteiger partial charge in [0.25, 0.3) is 0 Å². The maximum absolute atomic E-state index is 5.50. The van der Waals surface area contributed by atoms with Crippen LogP contribution in [0.2, 0.25) is 0 Å². The van der Waals surface area contributed by atoms with E-state index in [2.05, 4.69) is 38.0 Å². The summed E-state index contributed by atoms with van der Waals surface area (Å²) in [6.45, 7) is 9.88. The van der Waals surface area contributed by atoms with Gasteiger partial charge >= 0.3 is 0 Å². The number of pyridine rings is 1. The summed E-state index contributed by atoms with van der Waals surface area (Å²) in [4.78, 5) is 4.53. The van der Waals surface area contributed by atoms with Gasteiger partial charge in [0.2, 0.25) is 0 Å². The lowest BCUT2D eigenvalue weighted by atomic mass is 9.81. The molecule has 3 nitrogen and oxygen atoms in total. The standard InChI is InChI=1S/C13H21N3S/c1-9(2)13(3,4)8-16-10-5-6-11(12(14)17)15-7-10/h5-7,9,16H,8H2,1-4H3,(H2,14,17). The molecule has 0 bridgehead atoms. The maximum atomic E-state index is 5.50. The summed E-state index contributed by atoms with van der Waals surface area (Å²) in [6, 6.07) is 3.80. The predicted octanol–water partition coefficient (Wildman–Crippen LogP) is 2.81. The van der Waals surface area contributed by atoms with Gasteiger partial charge in [-0.15, -0.1) is 0 Å². The lowest BCUT2D eigenvalue weighted by Crippen LogP contribution is -2.28. The normalized spacial score (nSPS) is 11.6. The minimum Gasteiger partial charge on any atom is -0.388 e. The summed E-state index contributed by atoms with van der Waals surface area (Å²) in [7, 11) is 0. The Morgan fingerprint density at radius 1 is 1.47 bits per heavy atom. The summed E-state index contributed by atoms with van der Waals surface area (Å²) in [5, 5.41) is 3.39. The van der Waals surface area contributed by atoms with Crippen molar-refractivity contribution >= 4 is 22.9 Å². The molecule has 1 heterocycles. The summed E-state index contributed by atoms with van der Waals surface area (Å²) in [6.07, 6.45) is 1.77. The smallest absolute Gasteiger partial charge is 0.122 e. The highest BCUT2D eigenvalue weighted by molar-refractivity contribution is 7.80. The molecule has 1 aromatic heterocycles. The van der Waals surface area contributed by atoms with Crippen molar-refractivity contribution in [1.82, 2.24) is 4.98 Å². The van der Waals surface area contributed by atoms with Gasteiger partial charge in [0.1, 0.15) is 4.99 Å². The Bertz CT molecular complexity index is 382. The minimum atomic E-state index is 0.252. The van der Waals surface area contributed by atoms with Crippen LogP contribution < -0.4 is 11.1 Å². The Labute approximate surface area is 109 Å². The van der Waals surface area contributed by atoms with Crippen LogP contribution in [0.5, 0.6) is 0 Å². The Hall–Kier alpha value is -1.16. The first-order valence-electron chi connectivity index (χ1n) is 5.82. The molecule has 4 heteroatoms. The monoisotopic (exact) mass is 251 g/mol. The van der Waals surface area contributed by atoms with Crippen molar-refractivity contribution in [3.05, 3.63) is 24.0 Å². The molecule has 0 fully saturated rings. The molecule has 0 atom stereocenters. The molecule has 0 unspecified atom stereocenters. The molecule has 0 aliphatic rings. The second-order valence-corrected chi connectivity index (χ2v) is 5.73. The molecule has 17 heavy (non-hydrogen) atoms. The average Bonchev–Trinajstić information content (AvgIpc) is 2.27. The van der Waals surface area contributed by atoms with E-state index in [0.717, 1.165) is 12.2 Å². The lowest BCUT2D eigenvalue weighted by molar-refractivity contribution is 0.269. The number of nitrogens with two attached hydrogens (primary N) is 1. The minimum absolute atomic E-state index is 0.252. The van der Waals surface area contributed by atoms with Crippen molar-refractivity contribution in [3.8, 4) is 0 Å². The highest BCUT2D eigenvalue weighted by Gasteiger charge is 2.21. The molecule has 0 saturated heterocycles. The summed E-state index contributed by atoms with van der Waals surface area (Å²) < 4.78 is 0. The zero-order valence-corrected chi connectivity index (χ0v) is 11.8. The highest BCUT2D eigenvalue weighted by Crippen LogP contribution is 2.26. The van der Waals surface area contributed by atoms with Gasteiger partial charge in [-0.05, 0) is 23.5 Å². The van der Waals surface area contributed by atoms with Gasteiger partial charge in [-0.2, -0.15) is 0 Å². The number of aromatic nitrogens is 1. The Morgan fingerprint density at radius 3 is 2.53 bits per heavy atom. The fourth-order valence-corrected chi connectivity index (χ4v) is 1.30. The number of nitrogens with one attached hydrogen (secondary N) is 1. The van der Waals surface area contributed by atoms with E-state index in [1.54, 1.807) is 6.20 Å². The molecule has 1 rings (SSSR count). The Balaban J connectivity index is 2.62. The van der Waals surface area contributed by atoms with Gasteiger partial charge in [0.15, 0.2) is 0 Å². The van der Waals surface area contributed by atoms with Crippen LogP contribution >= 0.6 is 12.2 Å². The molecule has 0 aliphatic carbocycles. The molecule has 0 spiro atoms. The zero-order chi connectivity index (χ0) is 13.1. The van der Waals surface area contributed by atoms with E-state index < -0.39 is 0 Å². The van der Waals surface area contributed by atoms with E-state index in [0.29, 0.717) is 16.6 Å². The molecular formula is C13H21N3S. The lowest BCUT2D eigenvalue weighted by Gasteiger charge is -2.29. The number of thiocarbonyl (C=S) groups is 1. The SMILES string of the molecule is CC(C)C(C)(C)CNc1ccc(C(N)=S)nc1. The molecule has 3 N–H and O–H groups in total. The van der Waals surface area contributed by atoms with Crippen molar-refractivity contribution in [3.63, 3.8) is 0 Å². The van der Waals surface area contributed by atoms with Crippen molar-refractivity contribution in [1.29, 1.82) is 0 Å². The van der Waals surface area contributed by atoms with E-state index in [-0.39, 0.29) is 5.41 Å². The van der Waals surface area contributed by atoms with E-state index in [9.17, 15) is 0 Å². The van der Waals surface area contributed by atoms with Crippen molar-refractivity contribution < 1.29 is 0 Å². The zero-order valence-electron chi connectivity index (χ0n) is 10.9. The highest BCUT2D eigenvalue weighted by atomic mass is 32.1. The van der Waals surface area contributed by atoms with Crippen LogP contribution in [-0.4, -0.2) is 16.5 Å². The van der Waals surface area contributed by atoms with Gasteiger partial charge in [-0.1, -0.05) is 39.9 Å². The van der Waals surface area contributed by atoms with Gasteiger partial charge in [-0.25, -0.2) is 0 Å². The van der Waals surface area contributed by atoms with Crippen molar-refractivity contribution in [2.75, 3.05) is 11.9 Å². The van der Waals surface area contributed by atoms with Crippen molar-refractivity contribution in [2.24, 2.45) is 17.1 Å². The van der Waals surface area contributed by atoms with E-state index in [1.165, 1.54) is 0 Å². The van der Waals surface area contributed by atoms with Crippen molar-refractivity contribution in [2.45, 2.75) is 27.7 Å². The summed E-state index contributed by atoms with van der Waals surface area (Å²) >= 11 is 4.86. The molecule has 0 aliphatic heterocycles. The largest absolute Gasteiger partial charge is 0.388 e. The third kappa shape index (κ3) is 3.97. The second kappa shape index (κ2) is 5.45. The number of nitrogens with zero attached hydrogens (tertiary/aromatic N) is 1. The quantitative estimate of drug-likeness (QED) is 0.790. The molecule has 94 valence electrons. The first-order valence-corrected chi connectivity index (χ1v) is 6.23. The van der Waals surface area contributed by atoms with Crippen LogP contribution in [0.1, 0.15) is 33.4 Å². The van der Waals surface area contributed by atoms with Gasteiger partial charge in [0.05, 0.1) is 17.6 Å². The van der Waals surface area contributed by atoms with Gasteiger partial charge < -0.3 is 11.1 Å². The Morgan fingerprint density at radius 2 is 2.12 bits per heavy atom. The first kappa shape index (κ1) is 13.9.